The second-order valence-electron chi connectivity index (χ2n) is 7.56. The first-order valence-electron chi connectivity index (χ1n) is 9.89. The number of hydrogen-bond acceptors (Lipinski definition) is 5. The van der Waals surface area contributed by atoms with Crippen molar-refractivity contribution in [1.82, 2.24) is 20.6 Å². The Balaban J connectivity index is 1.65. The molecular weight excluding hydrogens is 384 g/mol. The zero-order valence-electron chi connectivity index (χ0n) is 16.6. The average Bonchev–Trinajstić information content (AvgIpc) is 2.97. The van der Waals surface area contributed by atoms with Crippen molar-refractivity contribution in [2.75, 3.05) is 6.54 Å². The lowest BCUT2D eigenvalue weighted by Crippen LogP contribution is -2.45. The van der Waals surface area contributed by atoms with Crippen molar-refractivity contribution in [3.63, 3.8) is 0 Å². The summed E-state index contributed by atoms with van der Waals surface area (Å²) in [5.41, 5.74) is 5.37. The molecule has 3 aromatic rings. The fraction of sp³-hybridized carbons (Fsp3) is 0.364. The zero-order valence-corrected chi connectivity index (χ0v) is 17.4. The van der Waals surface area contributed by atoms with Gasteiger partial charge in [-0.15, -0.1) is 11.3 Å². The highest BCUT2D eigenvalue weighted by Gasteiger charge is 2.24. The predicted octanol–water partition coefficient (Wildman–Crippen LogP) is 3.30. The largest absolute Gasteiger partial charge is 0.354 e. The van der Waals surface area contributed by atoms with Crippen molar-refractivity contribution < 1.29 is 9.59 Å². The summed E-state index contributed by atoms with van der Waals surface area (Å²) >= 11 is 1.64. The summed E-state index contributed by atoms with van der Waals surface area (Å²) in [6, 6.07) is 5.40. The number of carbonyl (C=O) groups excluding carboxylic acids is 2. The number of thiophene rings is 1. The summed E-state index contributed by atoms with van der Waals surface area (Å²) in [4.78, 5) is 34.1. The molecule has 2 amide bonds. The molecule has 29 heavy (non-hydrogen) atoms. The Bertz CT molecular complexity index is 1060. The van der Waals surface area contributed by atoms with Crippen LogP contribution in [0.2, 0.25) is 0 Å². The standard InChI is InChI=1S/C22H24N4O2S/c1-13-12-29-20-16(9-15-7-6-14(2)24-11-15)10-18(25-19(13)20)22(28)26-17-5-3-4-8-23-21(17)27/h6-7,10-12,17H,3-5,8-9H2,1-2H3,(H,23,27)(H,26,28). The maximum atomic E-state index is 12.9. The van der Waals surface area contributed by atoms with E-state index in [2.05, 4.69) is 32.0 Å². The van der Waals surface area contributed by atoms with Gasteiger partial charge in [-0.05, 0) is 67.3 Å². The first-order valence-corrected chi connectivity index (χ1v) is 10.8. The third-order valence-electron chi connectivity index (χ3n) is 5.22. The number of nitrogens with zero attached hydrogens (tertiary/aromatic N) is 2. The second-order valence-corrected chi connectivity index (χ2v) is 8.44. The van der Waals surface area contributed by atoms with Gasteiger partial charge in [0.25, 0.3) is 5.91 Å². The first kappa shape index (κ1) is 19.5. The van der Waals surface area contributed by atoms with Crippen molar-refractivity contribution in [2.45, 2.75) is 45.6 Å². The molecule has 0 spiro atoms. The molecule has 1 aliphatic rings. The molecule has 1 unspecified atom stereocenters. The summed E-state index contributed by atoms with van der Waals surface area (Å²) in [6.07, 6.45) is 5.05. The number of aromatic nitrogens is 2. The molecule has 4 rings (SSSR count). The first-order chi connectivity index (χ1) is 14.0. The van der Waals surface area contributed by atoms with Crippen molar-refractivity contribution in [3.8, 4) is 0 Å². The maximum Gasteiger partial charge on any atom is 0.270 e. The number of amides is 2. The van der Waals surface area contributed by atoms with Crippen LogP contribution in [-0.2, 0) is 11.2 Å². The number of fused-ring (bicyclic) bond motifs is 1. The number of hydrogen-bond donors (Lipinski definition) is 2. The lowest BCUT2D eigenvalue weighted by Gasteiger charge is -2.15. The second kappa shape index (κ2) is 8.29. The van der Waals surface area contributed by atoms with E-state index in [4.69, 9.17) is 0 Å². The van der Waals surface area contributed by atoms with Gasteiger partial charge < -0.3 is 10.6 Å². The summed E-state index contributed by atoms with van der Waals surface area (Å²) in [5.74, 6) is -0.419. The van der Waals surface area contributed by atoms with Crippen LogP contribution in [0.4, 0.5) is 0 Å². The number of aryl methyl sites for hydroxylation is 2. The average molecular weight is 409 g/mol. The quantitative estimate of drug-likeness (QED) is 0.694. The van der Waals surface area contributed by atoms with Crippen LogP contribution >= 0.6 is 11.3 Å². The Hall–Kier alpha value is -2.80. The van der Waals surface area contributed by atoms with Crippen molar-refractivity contribution in [2.24, 2.45) is 0 Å². The van der Waals surface area contributed by atoms with Crippen LogP contribution in [0, 0.1) is 13.8 Å². The Morgan fingerprint density at radius 1 is 1.31 bits per heavy atom. The van der Waals surface area contributed by atoms with Gasteiger partial charge in [0.1, 0.15) is 11.7 Å². The smallest absolute Gasteiger partial charge is 0.270 e. The van der Waals surface area contributed by atoms with E-state index in [9.17, 15) is 9.59 Å². The molecule has 150 valence electrons. The van der Waals surface area contributed by atoms with Crippen LogP contribution in [0.3, 0.4) is 0 Å². The minimum atomic E-state index is -0.504. The van der Waals surface area contributed by atoms with Crippen LogP contribution in [-0.4, -0.2) is 34.4 Å². The Morgan fingerprint density at radius 3 is 2.97 bits per heavy atom. The number of rotatable bonds is 4. The summed E-state index contributed by atoms with van der Waals surface area (Å²) in [5, 5.41) is 7.80. The van der Waals surface area contributed by atoms with Gasteiger partial charge in [-0.3, -0.25) is 14.6 Å². The Labute approximate surface area is 173 Å². The molecule has 0 radical (unpaired) electrons. The van der Waals surface area contributed by atoms with E-state index in [1.807, 2.05) is 32.2 Å². The van der Waals surface area contributed by atoms with E-state index in [0.717, 1.165) is 45.4 Å². The van der Waals surface area contributed by atoms with Crippen molar-refractivity contribution in [3.05, 3.63) is 57.9 Å². The Morgan fingerprint density at radius 2 is 2.17 bits per heavy atom. The Kier molecular flexibility index (Phi) is 5.58. The molecule has 0 aliphatic carbocycles. The lowest BCUT2D eigenvalue weighted by atomic mass is 10.0. The number of pyridine rings is 2. The van der Waals surface area contributed by atoms with Gasteiger partial charge in [-0.2, -0.15) is 0 Å². The van der Waals surface area contributed by atoms with Crippen LogP contribution in [0.15, 0.2) is 29.8 Å². The highest BCUT2D eigenvalue weighted by atomic mass is 32.1. The normalized spacial score (nSPS) is 17.0. The molecule has 7 heteroatoms. The van der Waals surface area contributed by atoms with Gasteiger partial charge >= 0.3 is 0 Å². The molecular formula is C22H24N4O2S. The van der Waals surface area contributed by atoms with Crippen molar-refractivity contribution >= 4 is 33.4 Å². The maximum absolute atomic E-state index is 12.9. The van der Waals surface area contributed by atoms with E-state index in [1.54, 1.807) is 11.3 Å². The number of carbonyl (C=O) groups is 2. The van der Waals surface area contributed by atoms with Gasteiger partial charge in [0.2, 0.25) is 5.91 Å². The zero-order chi connectivity index (χ0) is 20.4. The van der Waals surface area contributed by atoms with Gasteiger partial charge in [0.15, 0.2) is 0 Å². The minimum Gasteiger partial charge on any atom is -0.354 e. The van der Waals surface area contributed by atoms with E-state index < -0.39 is 6.04 Å². The molecule has 1 aliphatic heterocycles. The molecule has 0 saturated carbocycles. The van der Waals surface area contributed by atoms with Crippen LogP contribution in [0.1, 0.15) is 52.1 Å². The molecule has 6 nitrogen and oxygen atoms in total. The van der Waals surface area contributed by atoms with Gasteiger partial charge in [-0.1, -0.05) is 6.07 Å². The summed E-state index contributed by atoms with van der Waals surface area (Å²) < 4.78 is 1.09. The third kappa shape index (κ3) is 4.29. The van der Waals surface area contributed by atoms with E-state index in [0.29, 0.717) is 25.1 Å². The highest BCUT2D eigenvalue weighted by Crippen LogP contribution is 2.29. The molecule has 0 bridgehead atoms. The van der Waals surface area contributed by atoms with Crippen LogP contribution in [0.25, 0.3) is 10.2 Å². The topological polar surface area (TPSA) is 84.0 Å². The molecule has 3 aromatic heterocycles. The monoisotopic (exact) mass is 408 g/mol. The molecule has 4 heterocycles. The van der Waals surface area contributed by atoms with E-state index >= 15 is 0 Å². The molecule has 1 fully saturated rings. The number of nitrogens with one attached hydrogen (secondary N) is 2. The predicted molar refractivity (Wildman–Crippen MR) is 114 cm³/mol. The summed E-state index contributed by atoms with van der Waals surface area (Å²) in [6.45, 7) is 4.63. The molecule has 1 atom stereocenters. The minimum absolute atomic E-state index is 0.116. The van der Waals surface area contributed by atoms with Gasteiger partial charge in [0.05, 0.1) is 10.2 Å². The summed E-state index contributed by atoms with van der Waals surface area (Å²) in [7, 11) is 0. The SMILES string of the molecule is Cc1ccc(Cc2cc(C(=O)NC3CCCCNC3=O)nc3c(C)csc23)cn1. The lowest BCUT2D eigenvalue weighted by molar-refractivity contribution is -0.122. The van der Waals surface area contributed by atoms with E-state index in [1.165, 1.54) is 0 Å². The fourth-order valence-corrected chi connectivity index (χ4v) is 4.57. The third-order valence-corrected chi connectivity index (χ3v) is 6.38. The molecule has 1 saturated heterocycles. The fourth-order valence-electron chi connectivity index (χ4n) is 3.57. The molecule has 2 N–H and O–H groups in total. The highest BCUT2D eigenvalue weighted by molar-refractivity contribution is 7.17. The van der Waals surface area contributed by atoms with Crippen LogP contribution in [0.5, 0.6) is 0 Å². The van der Waals surface area contributed by atoms with E-state index in [-0.39, 0.29) is 11.8 Å². The molecule has 0 aromatic carbocycles. The van der Waals surface area contributed by atoms with Gasteiger partial charge in [0, 0.05) is 24.9 Å². The van der Waals surface area contributed by atoms with Crippen molar-refractivity contribution in [1.29, 1.82) is 0 Å². The van der Waals surface area contributed by atoms with Crippen LogP contribution < -0.4 is 10.6 Å². The van der Waals surface area contributed by atoms with Gasteiger partial charge in [-0.25, -0.2) is 4.98 Å².